The van der Waals surface area contributed by atoms with Crippen LogP contribution in [0.1, 0.15) is 13.8 Å². The predicted molar refractivity (Wildman–Crippen MR) is 82.2 cm³/mol. The van der Waals surface area contributed by atoms with Crippen molar-refractivity contribution in [1.82, 2.24) is 0 Å². The fourth-order valence-corrected chi connectivity index (χ4v) is 3.28. The summed E-state index contributed by atoms with van der Waals surface area (Å²) in [7, 11) is 1.52. The molecular formula is C15H26O5Si. The number of hydrogen-bond acceptors (Lipinski definition) is 5. The minimum absolute atomic E-state index is 0.216. The van der Waals surface area contributed by atoms with Crippen molar-refractivity contribution >= 4 is 8.32 Å². The van der Waals surface area contributed by atoms with Gasteiger partial charge in [0.05, 0.1) is 0 Å². The summed E-state index contributed by atoms with van der Waals surface area (Å²) in [6.07, 6.45) is 5.37. The molecule has 1 aliphatic heterocycles. The maximum absolute atomic E-state index is 6.11. The number of allylic oxidation sites excluding steroid dienone is 1. The maximum Gasteiger partial charge on any atom is 0.242 e. The fraction of sp³-hybridized carbons (Fsp3) is 0.733. The highest BCUT2D eigenvalue weighted by Gasteiger charge is 2.56. The molecule has 0 aromatic heterocycles. The minimum Gasteiger partial charge on any atom is -0.544 e. The Morgan fingerprint density at radius 3 is 2.00 bits per heavy atom. The largest absolute Gasteiger partial charge is 0.544 e. The quantitative estimate of drug-likeness (QED) is 0.747. The molecule has 0 saturated carbocycles. The molecule has 6 heteroatoms. The van der Waals surface area contributed by atoms with Crippen LogP contribution in [-0.2, 0) is 23.4 Å². The first-order valence-electron chi connectivity index (χ1n) is 7.17. The summed E-state index contributed by atoms with van der Waals surface area (Å²) < 4.78 is 29.2. The molecule has 1 saturated heterocycles. The van der Waals surface area contributed by atoms with Gasteiger partial charge in [-0.2, -0.15) is 0 Å². The summed E-state index contributed by atoms with van der Waals surface area (Å²) in [5.41, 5.74) is 0. The lowest BCUT2D eigenvalue weighted by Crippen LogP contribution is -2.64. The van der Waals surface area contributed by atoms with Gasteiger partial charge >= 0.3 is 0 Å². The Morgan fingerprint density at radius 1 is 1.00 bits per heavy atom. The fourth-order valence-electron chi connectivity index (χ4n) is 2.44. The predicted octanol–water partition coefficient (Wildman–Crippen LogP) is 2.80. The van der Waals surface area contributed by atoms with Crippen LogP contribution < -0.4 is 0 Å². The average molecular weight is 314 g/mol. The van der Waals surface area contributed by atoms with E-state index < -0.39 is 19.9 Å². The van der Waals surface area contributed by atoms with Crippen LogP contribution >= 0.6 is 0 Å². The van der Waals surface area contributed by atoms with E-state index in [9.17, 15) is 0 Å². The molecular weight excluding hydrogens is 288 g/mol. The molecule has 5 nitrogen and oxygen atoms in total. The summed E-state index contributed by atoms with van der Waals surface area (Å²) in [4.78, 5) is 0. The van der Waals surface area contributed by atoms with E-state index in [2.05, 4.69) is 19.6 Å². The molecule has 1 fully saturated rings. The molecule has 2 rings (SSSR count). The topological polar surface area (TPSA) is 46.2 Å². The van der Waals surface area contributed by atoms with Crippen molar-refractivity contribution < 1.29 is 23.4 Å². The zero-order valence-corrected chi connectivity index (χ0v) is 14.9. The second-order valence-electron chi connectivity index (χ2n) is 6.61. The summed E-state index contributed by atoms with van der Waals surface area (Å²) in [5.74, 6) is -1.13. The van der Waals surface area contributed by atoms with Crippen LogP contribution in [0.2, 0.25) is 19.6 Å². The van der Waals surface area contributed by atoms with Crippen LogP contribution in [0.25, 0.3) is 0 Å². The van der Waals surface area contributed by atoms with Crippen LogP contribution in [0.3, 0.4) is 0 Å². The standard InChI is InChI=1S/C15H26O5Si/c1-14(16-3)15(2,17-4)19-13-10-11(20-21(5,6)7)8-9-12(13)18-14/h8-10,12-13H,1-7H3/t12-,13-,14+,15+/m1/s1. The monoisotopic (exact) mass is 314 g/mol. The van der Waals surface area contributed by atoms with Crippen molar-refractivity contribution in [3.8, 4) is 0 Å². The lowest BCUT2D eigenvalue weighted by atomic mass is 10.00. The number of hydrogen-bond donors (Lipinski definition) is 0. The smallest absolute Gasteiger partial charge is 0.242 e. The van der Waals surface area contributed by atoms with Crippen molar-refractivity contribution in [1.29, 1.82) is 0 Å². The Hall–Kier alpha value is -0.663. The van der Waals surface area contributed by atoms with Crippen molar-refractivity contribution in [3.05, 3.63) is 24.0 Å². The van der Waals surface area contributed by atoms with Gasteiger partial charge in [-0.3, -0.25) is 0 Å². The third-order valence-corrected chi connectivity index (χ3v) is 4.70. The highest BCUT2D eigenvalue weighted by molar-refractivity contribution is 6.70. The van der Waals surface area contributed by atoms with Crippen LogP contribution in [0.4, 0.5) is 0 Å². The van der Waals surface area contributed by atoms with Gasteiger partial charge < -0.3 is 23.4 Å². The number of ether oxygens (including phenoxy) is 4. The van der Waals surface area contributed by atoms with Gasteiger partial charge in [-0.05, 0) is 51.7 Å². The van der Waals surface area contributed by atoms with E-state index >= 15 is 0 Å². The number of methoxy groups -OCH3 is 2. The zero-order chi connectivity index (χ0) is 15.9. The highest BCUT2D eigenvalue weighted by atomic mass is 28.4. The Labute approximate surface area is 128 Å². The first kappa shape index (κ1) is 16.7. The number of rotatable bonds is 4. The molecule has 0 N–H and O–H groups in total. The lowest BCUT2D eigenvalue weighted by molar-refractivity contribution is -0.437. The van der Waals surface area contributed by atoms with Gasteiger partial charge in [0.25, 0.3) is 0 Å². The van der Waals surface area contributed by atoms with Gasteiger partial charge in [0.2, 0.25) is 19.9 Å². The van der Waals surface area contributed by atoms with Gasteiger partial charge in [0.15, 0.2) is 0 Å². The summed E-state index contributed by atoms with van der Waals surface area (Å²) in [5, 5.41) is 0. The SMILES string of the molecule is CO[C@@]1(C)O[C@@H]2C=CC(O[Si](C)(C)C)=C[C@H]2O[C@]1(C)OC. The third kappa shape index (κ3) is 3.24. The maximum atomic E-state index is 6.11. The molecule has 0 unspecified atom stereocenters. The average Bonchev–Trinajstić information content (AvgIpc) is 2.38. The van der Waals surface area contributed by atoms with Gasteiger partial charge in [-0.25, -0.2) is 0 Å². The second-order valence-corrected chi connectivity index (χ2v) is 11.0. The Kier molecular flexibility index (Phi) is 4.39. The van der Waals surface area contributed by atoms with E-state index in [4.69, 9.17) is 23.4 Å². The molecule has 2 aliphatic rings. The first-order valence-corrected chi connectivity index (χ1v) is 10.6. The van der Waals surface area contributed by atoms with Gasteiger partial charge in [0.1, 0.15) is 18.0 Å². The Bertz CT molecular complexity index is 455. The molecule has 4 atom stereocenters. The normalized spacial score (nSPS) is 39.7. The van der Waals surface area contributed by atoms with E-state index in [1.807, 2.05) is 32.1 Å². The molecule has 0 aromatic carbocycles. The van der Waals surface area contributed by atoms with E-state index in [0.717, 1.165) is 5.76 Å². The molecule has 1 aliphatic carbocycles. The van der Waals surface area contributed by atoms with Crippen molar-refractivity contribution in [2.45, 2.75) is 57.3 Å². The van der Waals surface area contributed by atoms with Crippen molar-refractivity contribution in [2.24, 2.45) is 0 Å². The van der Waals surface area contributed by atoms with Crippen LogP contribution in [0.15, 0.2) is 24.0 Å². The molecule has 0 bridgehead atoms. The summed E-state index contributed by atoms with van der Waals surface area (Å²) in [6, 6.07) is 0. The molecule has 0 spiro atoms. The van der Waals surface area contributed by atoms with E-state index in [1.54, 1.807) is 14.2 Å². The molecule has 1 heterocycles. The van der Waals surface area contributed by atoms with E-state index in [1.165, 1.54) is 0 Å². The minimum atomic E-state index is -1.65. The third-order valence-electron chi connectivity index (χ3n) is 3.85. The molecule has 0 radical (unpaired) electrons. The molecule has 0 amide bonds. The second kappa shape index (κ2) is 5.51. The molecule has 21 heavy (non-hydrogen) atoms. The lowest BCUT2D eigenvalue weighted by Gasteiger charge is -2.51. The Morgan fingerprint density at radius 2 is 1.52 bits per heavy atom. The Balaban J connectivity index is 2.22. The van der Waals surface area contributed by atoms with Crippen LogP contribution in [0, 0.1) is 0 Å². The van der Waals surface area contributed by atoms with Crippen LogP contribution in [0.5, 0.6) is 0 Å². The van der Waals surface area contributed by atoms with Gasteiger partial charge in [-0.15, -0.1) is 0 Å². The summed E-state index contributed by atoms with van der Waals surface area (Å²) >= 11 is 0. The number of fused-ring (bicyclic) bond motifs is 1. The molecule has 120 valence electrons. The van der Waals surface area contributed by atoms with Crippen LogP contribution in [-0.4, -0.2) is 46.3 Å². The van der Waals surface area contributed by atoms with Crippen molar-refractivity contribution in [2.75, 3.05) is 14.2 Å². The van der Waals surface area contributed by atoms with Gasteiger partial charge in [-0.1, -0.05) is 0 Å². The summed E-state index contributed by atoms with van der Waals surface area (Å²) in [6.45, 7) is 10.1. The van der Waals surface area contributed by atoms with Crippen molar-refractivity contribution in [3.63, 3.8) is 0 Å². The van der Waals surface area contributed by atoms with E-state index in [-0.39, 0.29) is 12.2 Å². The first-order chi connectivity index (χ1) is 9.62. The van der Waals surface area contributed by atoms with Gasteiger partial charge in [0, 0.05) is 14.2 Å². The van der Waals surface area contributed by atoms with E-state index in [0.29, 0.717) is 0 Å². The highest BCUT2D eigenvalue weighted by Crippen LogP contribution is 2.41. The zero-order valence-electron chi connectivity index (χ0n) is 13.9. The molecule has 0 aromatic rings.